The lowest BCUT2D eigenvalue weighted by molar-refractivity contribution is -0.140. The smallest absolute Gasteiger partial charge is 0.244 e. The zero-order chi connectivity index (χ0) is 27.2. The van der Waals surface area contributed by atoms with E-state index in [1.54, 1.807) is 19.2 Å². The van der Waals surface area contributed by atoms with Gasteiger partial charge < -0.3 is 15.0 Å². The summed E-state index contributed by atoms with van der Waals surface area (Å²) >= 11 is 12.1. The molecule has 1 saturated carbocycles. The van der Waals surface area contributed by atoms with Crippen LogP contribution in [0.15, 0.2) is 42.5 Å². The molecule has 3 rings (SSSR count). The number of anilines is 1. The molecule has 2 aromatic carbocycles. The second kappa shape index (κ2) is 12.8. The molecule has 8 nitrogen and oxygen atoms in total. The Bertz CT molecular complexity index is 1200. The number of rotatable bonds is 11. The van der Waals surface area contributed by atoms with Crippen molar-refractivity contribution in [3.8, 4) is 5.75 Å². The van der Waals surface area contributed by atoms with Crippen LogP contribution in [0.4, 0.5) is 5.69 Å². The van der Waals surface area contributed by atoms with E-state index in [4.69, 9.17) is 27.9 Å². The van der Waals surface area contributed by atoms with Crippen LogP contribution >= 0.6 is 23.2 Å². The Kier molecular flexibility index (Phi) is 10.1. The second-order valence-electron chi connectivity index (χ2n) is 9.15. The Hall–Kier alpha value is -2.49. The highest BCUT2D eigenvalue weighted by Crippen LogP contribution is 2.29. The van der Waals surface area contributed by atoms with Crippen molar-refractivity contribution in [1.29, 1.82) is 0 Å². The van der Waals surface area contributed by atoms with Gasteiger partial charge in [0.1, 0.15) is 18.3 Å². The summed E-state index contributed by atoms with van der Waals surface area (Å²) in [5.74, 6) is -0.0899. The number of halogens is 2. The second-order valence-corrected chi connectivity index (χ2v) is 11.9. The molecule has 0 aromatic heterocycles. The summed E-state index contributed by atoms with van der Waals surface area (Å²) in [6.07, 6.45) is 5.32. The molecule has 1 fully saturated rings. The lowest BCUT2D eigenvalue weighted by Crippen LogP contribution is -2.53. The highest BCUT2D eigenvalue weighted by molar-refractivity contribution is 7.92. The third-order valence-electron chi connectivity index (χ3n) is 6.47. The summed E-state index contributed by atoms with van der Waals surface area (Å²) in [5, 5.41) is 3.51. The van der Waals surface area contributed by atoms with E-state index in [0.717, 1.165) is 41.8 Å². The van der Waals surface area contributed by atoms with Crippen molar-refractivity contribution in [2.75, 3.05) is 24.2 Å². The Balaban J connectivity index is 1.93. The van der Waals surface area contributed by atoms with Crippen LogP contribution in [-0.2, 0) is 26.2 Å². The van der Waals surface area contributed by atoms with Crippen molar-refractivity contribution in [3.63, 3.8) is 0 Å². The number of amides is 2. The number of benzene rings is 2. The van der Waals surface area contributed by atoms with E-state index in [0.29, 0.717) is 12.2 Å². The molecule has 0 spiro atoms. The van der Waals surface area contributed by atoms with Crippen molar-refractivity contribution >= 4 is 50.7 Å². The molecule has 1 aliphatic carbocycles. The van der Waals surface area contributed by atoms with Crippen molar-refractivity contribution in [2.45, 2.75) is 57.7 Å². The molecule has 0 aliphatic heterocycles. The molecule has 0 bridgehead atoms. The normalized spacial score (nSPS) is 14.7. The summed E-state index contributed by atoms with van der Waals surface area (Å²) in [5.41, 5.74) is 0.986. The fourth-order valence-electron chi connectivity index (χ4n) is 4.47. The van der Waals surface area contributed by atoms with E-state index in [1.165, 1.54) is 23.1 Å². The van der Waals surface area contributed by atoms with E-state index in [2.05, 4.69) is 5.32 Å². The Morgan fingerprint density at radius 1 is 1.08 bits per heavy atom. The first-order valence-corrected chi connectivity index (χ1v) is 14.8. The van der Waals surface area contributed by atoms with Gasteiger partial charge in [-0.05, 0) is 55.2 Å². The van der Waals surface area contributed by atoms with Crippen molar-refractivity contribution in [3.05, 3.63) is 58.1 Å². The average molecular weight is 571 g/mol. The molecule has 0 radical (unpaired) electrons. The molecule has 2 aromatic rings. The van der Waals surface area contributed by atoms with Crippen LogP contribution in [0.3, 0.4) is 0 Å². The van der Waals surface area contributed by atoms with E-state index >= 15 is 0 Å². The quantitative estimate of drug-likeness (QED) is 0.425. The van der Waals surface area contributed by atoms with Gasteiger partial charge in [-0.2, -0.15) is 0 Å². The largest absolute Gasteiger partial charge is 0.497 e. The molecule has 1 N–H and O–H groups in total. The predicted octanol–water partition coefficient (Wildman–Crippen LogP) is 4.63. The molecule has 1 atom stereocenters. The van der Waals surface area contributed by atoms with Crippen LogP contribution in [-0.4, -0.2) is 57.1 Å². The topological polar surface area (TPSA) is 96.0 Å². The molecule has 1 aliphatic rings. The molecule has 0 unspecified atom stereocenters. The van der Waals surface area contributed by atoms with Crippen molar-refractivity contribution in [1.82, 2.24) is 10.2 Å². The summed E-state index contributed by atoms with van der Waals surface area (Å²) in [4.78, 5) is 28.5. The van der Waals surface area contributed by atoms with Gasteiger partial charge in [-0.25, -0.2) is 8.42 Å². The first-order valence-electron chi connectivity index (χ1n) is 12.2. The van der Waals surface area contributed by atoms with Crippen LogP contribution in [0.25, 0.3) is 0 Å². The first kappa shape index (κ1) is 29.1. The minimum Gasteiger partial charge on any atom is -0.497 e. The van der Waals surface area contributed by atoms with Crippen LogP contribution in [0.5, 0.6) is 5.75 Å². The van der Waals surface area contributed by atoms with Gasteiger partial charge in [-0.15, -0.1) is 0 Å². The third-order valence-corrected chi connectivity index (χ3v) is 8.35. The molecule has 0 heterocycles. The van der Waals surface area contributed by atoms with Gasteiger partial charge >= 0.3 is 0 Å². The SMILES string of the molecule is CC[C@H](C(=O)NC1CCCC1)N(Cc1ccc(OC)cc1)C(=O)CN(c1ccc(Cl)c(Cl)c1)S(C)(=O)=O. The van der Waals surface area contributed by atoms with E-state index < -0.39 is 28.5 Å². The lowest BCUT2D eigenvalue weighted by Gasteiger charge is -2.33. The van der Waals surface area contributed by atoms with Gasteiger partial charge in [-0.1, -0.05) is 55.1 Å². The minimum absolute atomic E-state index is 0.0863. The van der Waals surface area contributed by atoms with E-state index in [-0.39, 0.29) is 34.2 Å². The highest BCUT2D eigenvalue weighted by atomic mass is 35.5. The van der Waals surface area contributed by atoms with Crippen LogP contribution < -0.4 is 14.4 Å². The predicted molar refractivity (Wildman–Crippen MR) is 147 cm³/mol. The number of hydrogen-bond donors (Lipinski definition) is 1. The monoisotopic (exact) mass is 569 g/mol. The summed E-state index contributed by atoms with van der Waals surface area (Å²) in [7, 11) is -2.30. The number of methoxy groups -OCH3 is 1. The third kappa shape index (κ3) is 7.75. The lowest BCUT2D eigenvalue weighted by atomic mass is 10.1. The van der Waals surface area contributed by atoms with E-state index in [1.807, 2.05) is 19.1 Å². The number of sulfonamides is 1. The average Bonchev–Trinajstić information content (AvgIpc) is 3.36. The fourth-order valence-corrected chi connectivity index (χ4v) is 5.60. The number of carbonyl (C=O) groups is 2. The van der Waals surface area contributed by atoms with Crippen LogP contribution in [0, 0.1) is 0 Å². The molecular formula is C26H33Cl2N3O5S. The summed E-state index contributed by atoms with van der Waals surface area (Å²) in [6, 6.07) is 10.8. The molecular weight excluding hydrogens is 537 g/mol. The van der Waals surface area contributed by atoms with Crippen LogP contribution in [0.2, 0.25) is 10.0 Å². The maximum atomic E-state index is 13.8. The van der Waals surface area contributed by atoms with Gasteiger partial charge in [-0.3, -0.25) is 13.9 Å². The number of nitrogens with one attached hydrogen (secondary N) is 1. The minimum atomic E-state index is -3.86. The molecule has 37 heavy (non-hydrogen) atoms. The molecule has 11 heteroatoms. The standard InChI is InChI=1S/C26H33Cl2N3O5S/c1-4-24(26(33)29-19-7-5-6-8-19)30(16-18-9-12-21(36-2)13-10-18)25(32)17-31(37(3,34)35)20-11-14-22(27)23(28)15-20/h9-15,19,24H,4-8,16-17H2,1-3H3,(H,29,33)/t24-/m1/s1. The number of carbonyl (C=O) groups excluding carboxylic acids is 2. The summed E-state index contributed by atoms with van der Waals surface area (Å²) in [6.45, 7) is 1.46. The number of nitrogens with zero attached hydrogens (tertiary/aromatic N) is 2. The fraction of sp³-hybridized carbons (Fsp3) is 0.462. The zero-order valence-corrected chi connectivity index (χ0v) is 23.6. The van der Waals surface area contributed by atoms with Crippen molar-refractivity contribution < 1.29 is 22.7 Å². The summed E-state index contributed by atoms with van der Waals surface area (Å²) < 4.78 is 31.6. The number of ether oxygens (including phenoxy) is 1. The maximum absolute atomic E-state index is 13.8. The Morgan fingerprint density at radius 2 is 1.73 bits per heavy atom. The maximum Gasteiger partial charge on any atom is 0.244 e. The van der Waals surface area contributed by atoms with Gasteiger partial charge in [0.05, 0.1) is 29.1 Å². The molecule has 202 valence electrons. The van der Waals surface area contributed by atoms with Gasteiger partial charge in [0.25, 0.3) is 0 Å². The first-order chi connectivity index (χ1) is 17.5. The molecule has 2 amide bonds. The molecule has 0 saturated heterocycles. The van der Waals surface area contributed by atoms with Gasteiger partial charge in [0, 0.05) is 12.6 Å². The van der Waals surface area contributed by atoms with Gasteiger partial charge in [0.2, 0.25) is 21.8 Å². The number of hydrogen-bond acceptors (Lipinski definition) is 5. The van der Waals surface area contributed by atoms with Crippen LogP contribution in [0.1, 0.15) is 44.6 Å². The van der Waals surface area contributed by atoms with Gasteiger partial charge in [0.15, 0.2) is 0 Å². The highest BCUT2D eigenvalue weighted by Gasteiger charge is 2.33. The Morgan fingerprint density at radius 3 is 2.27 bits per heavy atom. The van der Waals surface area contributed by atoms with E-state index in [9.17, 15) is 18.0 Å². The van der Waals surface area contributed by atoms with Crippen molar-refractivity contribution in [2.24, 2.45) is 0 Å². The zero-order valence-electron chi connectivity index (χ0n) is 21.2. The Labute approximate surface area is 228 Å².